The number of amides is 1. The van der Waals surface area contributed by atoms with Gasteiger partial charge in [-0.05, 0) is 37.2 Å². The molecule has 19 heavy (non-hydrogen) atoms. The number of hydrogen-bond donors (Lipinski definition) is 0. The van der Waals surface area contributed by atoms with Crippen molar-refractivity contribution >= 4 is 29.1 Å². The van der Waals surface area contributed by atoms with E-state index in [0.29, 0.717) is 22.4 Å². The maximum absolute atomic E-state index is 12.5. The number of likely N-dealkylation sites (tertiary alicyclic amines) is 1. The van der Waals surface area contributed by atoms with Crippen LogP contribution in [0.15, 0.2) is 12.3 Å². The standard InChI is InChI=1S/C14H16Cl2N2O/c15-12-5-11(6-17-13(12)16)14(19)18-7-9-2-1-3-10(4-9)8-18/h5-6,9-10H,1-4,7-8H2. The number of aromatic nitrogens is 1. The molecule has 102 valence electrons. The topological polar surface area (TPSA) is 33.2 Å². The third-order valence-corrected chi connectivity index (χ3v) is 4.87. The number of hydrogen-bond acceptors (Lipinski definition) is 2. The fourth-order valence-corrected chi connectivity index (χ4v) is 3.59. The lowest BCUT2D eigenvalue weighted by atomic mass is 9.78. The molecule has 2 atom stereocenters. The lowest BCUT2D eigenvalue weighted by Gasteiger charge is -2.41. The van der Waals surface area contributed by atoms with Crippen molar-refractivity contribution in [2.45, 2.75) is 25.7 Å². The molecular formula is C14H16Cl2N2O. The molecular weight excluding hydrogens is 283 g/mol. The van der Waals surface area contributed by atoms with E-state index in [4.69, 9.17) is 23.2 Å². The molecule has 2 aliphatic rings. The fourth-order valence-electron chi connectivity index (χ4n) is 3.32. The van der Waals surface area contributed by atoms with Gasteiger partial charge in [-0.15, -0.1) is 0 Å². The van der Waals surface area contributed by atoms with Crippen LogP contribution in [0.1, 0.15) is 36.0 Å². The van der Waals surface area contributed by atoms with Gasteiger partial charge in [0.1, 0.15) is 5.15 Å². The van der Waals surface area contributed by atoms with Gasteiger partial charge in [-0.2, -0.15) is 0 Å². The molecule has 1 saturated carbocycles. The van der Waals surface area contributed by atoms with Gasteiger partial charge < -0.3 is 4.90 Å². The first-order chi connectivity index (χ1) is 9.13. The molecule has 5 heteroatoms. The SMILES string of the molecule is O=C(c1cnc(Cl)c(Cl)c1)N1CC2CCCC(C2)C1. The molecule has 2 fully saturated rings. The predicted molar refractivity (Wildman–Crippen MR) is 75.6 cm³/mol. The van der Waals surface area contributed by atoms with E-state index >= 15 is 0 Å². The summed E-state index contributed by atoms with van der Waals surface area (Å²) >= 11 is 11.7. The average Bonchev–Trinajstić information content (AvgIpc) is 2.40. The number of fused-ring (bicyclic) bond motifs is 2. The third kappa shape index (κ3) is 2.72. The summed E-state index contributed by atoms with van der Waals surface area (Å²) in [7, 11) is 0. The summed E-state index contributed by atoms with van der Waals surface area (Å²) in [6.07, 6.45) is 6.61. The van der Waals surface area contributed by atoms with Crippen LogP contribution >= 0.6 is 23.2 Å². The van der Waals surface area contributed by atoms with Gasteiger partial charge in [0.25, 0.3) is 5.91 Å². The summed E-state index contributed by atoms with van der Waals surface area (Å²) in [6.45, 7) is 1.74. The predicted octanol–water partition coefficient (Wildman–Crippen LogP) is 3.65. The number of carbonyl (C=O) groups is 1. The van der Waals surface area contributed by atoms with Gasteiger partial charge in [0.05, 0.1) is 10.6 Å². The molecule has 0 aromatic carbocycles. The van der Waals surface area contributed by atoms with Crippen molar-refractivity contribution in [3.05, 3.63) is 28.0 Å². The Hall–Kier alpha value is -0.800. The minimum absolute atomic E-state index is 0.0302. The Bertz CT molecular complexity index is 494. The lowest BCUT2D eigenvalue weighted by Crippen LogP contribution is -2.45. The molecule has 1 amide bonds. The van der Waals surface area contributed by atoms with Crippen molar-refractivity contribution in [3.8, 4) is 0 Å². The second-order valence-corrected chi connectivity index (χ2v) is 6.37. The summed E-state index contributed by atoms with van der Waals surface area (Å²) in [5.74, 6) is 1.38. The van der Waals surface area contributed by atoms with Gasteiger partial charge in [-0.3, -0.25) is 4.79 Å². The van der Waals surface area contributed by atoms with Crippen LogP contribution in [-0.2, 0) is 0 Å². The van der Waals surface area contributed by atoms with E-state index in [2.05, 4.69) is 4.98 Å². The molecule has 0 radical (unpaired) electrons. The Kier molecular flexibility index (Phi) is 3.68. The van der Waals surface area contributed by atoms with Crippen LogP contribution in [0, 0.1) is 11.8 Å². The molecule has 3 nitrogen and oxygen atoms in total. The van der Waals surface area contributed by atoms with E-state index in [1.807, 2.05) is 4.90 Å². The Balaban J connectivity index is 1.78. The molecule has 0 spiro atoms. The van der Waals surface area contributed by atoms with Crippen LogP contribution in [0.3, 0.4) is 0 Å². The van der Waals surface area contributed by atoms with Gasteiger partial charge in [0, 0.05) is 19.3 Å². The van der Waals surface area contributed by atoms with Crippen molar-refractivity contribution < 1.29 is 4.79 Å². The Morgan fingerprint density at radius 3 is 2.58 bits per heavy atom. The summed E-state index contributed by atoms with van der Waals surface area (Å²) in [6, 6.07) is 1.61. The molecule has 1 saturated heterocycles. The number of pyridine rings is 1. The van der Waals surface area contributed by atoms with Crippen LogP contribution in [0.4, 0.5) is 0 Å². The molecule has 1 aliphatic carbocycles. The maximum atomic E-state index is 12.5. The summed E-state index contributed by atoms with van der Waals surface area (Å²) in [5, 5.41) is 0.582. The van der Waals surface area contributed by atoms with Crippen LogP contribution in [-0.4, -0.2) is 28.9 Å². The summed E-state index contributed by atoms with van der Waals surface area (Å²) < 4.78 is 0. The Morgan fingerprint density at radius 2 is 1.95 bits per heavy atom. The zero-order chi connectivity index (χ0) is 13.4. The monoisotopic (exact) mass is 298 g/mol. The molecule has 1 aliphatic heterocycles. The Morgan fingerprint density at radius 1 is 1.26 bits per heavy atom. The molecule has 1 aromatic heterocycles. The van der Waals surface area contributed by atoms with E-state index in [-0.39, 0.29) is 11.1 Å². The number of nitrogens with zero attached hydrogens (tertiary/aromatic N) is 2. The second kappa shape index (κ2) is 5.29. The maximum Gasteiger partial charge on any atom is 0.255 e. The minimum atomic E-state index is 0.0302. The zero-order valence-corrected chi connectivity index (χ0v) is 12.1. The Labute approximate surface area is 122 Å². The molecule has 2 heterocycles. The van der Waals surface area contributed by atoms with E-state index in [1.165, 1.54) is 31.9 Å². The van der Waals surface area contributed by atoms with Crippen LogP contribution in [0.25, 0.3) is 0 Å². The van der Waals surface area contributed by atoms with E-state index in [9.17, 15) is 4.79 Å². The molecule has 2 unspecified atom stereocenters. The van der Waals surface area contributed by atoms with Crippen molar-refractivity contribution in [2.24, 2.45) is 11.8 Å². The fraction of sp³-hybridized carbons (Fsp3) is 0.571. The highest BCUT2D eigenvalue weighted by Crippen LogP contribution is 2.35. The third-order valence-electron chi connectivity index (χ3n) is 4.18. The highest BCUT2D eigenvalue weighted by atomic mass is 35.5. The number of halogens is 2. The van der Waals surface area contributed by atoms with Gasteiger partial charge >= 0.3 is 0 Å². The first kappa shape index (κ1) is 13.2. The number of piperidine rings is 1. The van der Waals surface area contributed by atoms with Crippen LogP contribution < -0.4 is 0 Å². The number of carbonyl (C=O) groups excluding carboxylic acids is 1. The quantitative estimate of drug-likeness (QED) is 0.742. The van der Waals surface area contributed by atoms with Crippen molar-refractivity contribution in [3.63, 3.8) is 0 Å². The first-order valence-corrected chi connectivity index (χ1v) is 7.49. The first-order valence-electron chi connectivity index (χ1n) is 6.74. The van der Waals surface area contributed by atoms with Gasteiger partial charge in [-0.1, -0.05) is 29.6 Å². The van der Waals surface area contributed by atoms with E-state index < -0.39 is 0 Å². The second-order valence-electron chi connectivity index (χ2n) is 5.61. The van der Waals surface area contributed by atoms with Crippen LogP contribution in [0.2, 0.25) is 10.2 Å². The number of rotatable bonds is 1. The molecule has 2 bridgehead atoms. The normalized spacial score (nSPS) is 26.3. The average molecular weight is 299 g/mol. The highest BCUT2D eigenvalue weighted by Gasteiger charge is 2.33. The highest BCUT2D eigenvalue weighted by molar-refractivity contribution is 6.41. The molecule has 0 N–H and O–H groups in total. The van der Waals surface area contributed by atoms with Gasteiger partial charge in [0.2, 0.25) is 0 Å². The van der Waals surface area contributed by atoms with E-state index in [0.717, 1.165) is 13.1 Å². The zero-order valence-electron chi connectivity index (χ0n) is 10.6. The molecule has 1 aromatic rings. The van der Waals surface area contributed by atoms with Crippen molar-refractivity contribution in [1.82, 2.24) is 9.88 Å². The van der Waals surface area contributed by atoms with E-state index in [1.54, 1.807) is 6.07 Å². The minimum Gasteiger partial charge on any atom is -0.338 e. The van der Waals surface area contributed by atoms with Gasteiger partial charge in [-0.25, -0.2) is 4.98 Å². The summed E-state index contributed by atoms with van der Waals surface area (Å²) in [5.41, 5.74) is 0.536. The smallest absolute Gasteiger partial charge is 0.255 e. The van der Waals surface area contributed by atoms with Crippen molar-refractivity contribution in [2.75, 3.05) is 13.1 Å². The molecule has 3 rings (SSSR count). The summed E-state index contributed by atoms with van der Waals surface area (Å²) in [4.78, 5) is 18.4. The largest absolute Gasteiger partial charge is 0.338 e. The van der Waals surface area contributed by atoms with Crippen LogP contribution in [0.5, 0.6) is 0 Å². The van der Waals surface area contributed by atoms with Crippen molar-refractivity contribution in [1.29, 1.82) is 0 Å². The van der Waals surface area contributed by atoms with Gasteiger partial charge in [0.15, 0.2) is 0 Å². The lowest BCUT2D eigenvalue weighted by molar-refractivity contribution is 0.0504.